The Morgan fingerprint density at radius 3 is 2.82 bits per heavy atom. The molecular formula is C15H22ClN3O3. The molecule has 122 valence electrons. The van der Waals surface area contributed by atoms with Crippen LogP contribution >= 0.6 is 12.4 Å². The molecule has 1 fully saturated rings. The van der Waals surface area contributed by atoms with Crippen LogP contribution < -0.4 is 5.32 Å². The number of likely N-dealkylation sites (N-methyl/N-ethyl adjacent to an activating group) is 1. The van der Waals surface area contributed by atoms with Gasteiger partial charge >= 0.3 is 0 Å². The molecule has 0 saturated carbocycles. The van der Waals surface area contributed by atoms with Crippen LogP contribution in [0.5, 0.6) is 0 Å². The van der Waals surface area contributed by atoms with Crippen molar-refractivity contribution >= 4 is 24.0 Å². The number of nitrogens with zero attached hydrogens (tertiary/aromatic N) is 2. The van der Waals surface area contributed by atoms with E-state index in [9.17, 15) is 14.9 Å². The summed E-state index contributed by atoms with van der Waals surface area (Å²) in [7, 11) is 1.80. The monoisotopic (exact) mass is 327 g/mol. The third-order valence-corrected chi connectivity index (χ3v) is 4.02. The number of para-hydroxylation sites is 1. The van der Waals surface area contributed by atoms with E-state index in [4.69, 9.17) is 0 Å². The van der Waals surface area contributed by atoms with Gasteiger partial charge in [-0.05, 0) is 32.4 Å². The number of halogens is 1. The zero-order valence-corrected chi connectivity index (χ0v) is 13.5. The number of nitro benzene ring substituents is 1. The van der Waals surface area contributed by atoms with Crippen molar-refractivity contribution in [3.8, 4) is 0 Å². The van der Waals surface area contributed by atoms with Crippen molar-refractivity contribution in [2.45, 2.75) is 31.7 Å². The van der Waals surface area contributed by atoms with Gasteiger partial charge in [0.05, 0.1) is 11.3 Å². The van der Waals surface area contributed by atoms with Crippen molar-refractivity contribution in [2.75, 3.05) is 20.1 Å². The van der Waals surface area contributed by atoms with Crippen molar-refractivity contribution in [1.29, 1.82) is 0 Å². The number of hydrogen-bond acceptors (Lipinski definition) is 4. The Kier molecular flexibility index (Phi) is 7.27. The first kappa shape index (κ1) is 18.4. The van der Waals surface area contributed by atoms with Gasteiger partial charge in [-0.3, -0.25) is 14.9 Å². The van der Waals surface area contributed by atoms with Gasteiger partial charge < -0.3 is 10.2 Å². The first-order valence-electron chi connectivity index (χ1n) is 7.28. The molecule has 0 aliphatic carbocycles. The maximum absolute atomic E-state index is 12.4. The minimum absolute atomic E-state index is 0. The summed E-state index contributed by atoms with van der Waals surface area (Å²) < 4.78 is 0. The van der Waals surface area contributed by atoms with Gasteiger partial charge in [0, 0.05) is 24.7 Å². The van der Waals surface area contributed by atoms with Gasteiger partial charge in [-0.25, -0.2) is 0 Å². The van der Waals surface area contributed by atoms with Crippen LogP contribution in [0.3, 0.4) is 0 Å². The van der Waals surface area contributed by atoms with Crippen molar-refractivity contribution in [1.82, 2.24) is 10.2 Å². The molecule has 1 heterocycles. The summed E-state index contributed by atoms with van der Waals surface area (Å²) in [6, 6.07) is 6.66. The number of nitro groups is 1. The topological polar surface area (TPSA) is 75.5 Å². The predicted octanol–water partition coefficient (Wildman–Crippen LogP) is 2.16. The smallest absolute Gasteiger partial charge is 0.273 e. The molecule has 1 N–H and O–H groups in total. The molecule has 0 radical (unpaired) electrons. The highest BCUT2D eigenvalue weighted by atomic mass is 35.5. The highest BCUT2D eigenvalue weighted by molar-refractivity contribution is 5.85. The molecule has 0 spiro atoms. The van der Waals surface area contributed by atoms with Crippen LogP contribution in [0.15, 0.2) is 24.3 Å². The van der Waals surface area contributed by atoms with E-state index in [1.54, 1.807) is 30.1 Å². The number of amides is 1. The molecule has 1 atom stereocenters. The normalized spacial score (nSPS) is 18.0. The standard InChI is InChI=1S/C15H21N3O3.ClH/c1-17(13-6-4-9-16-10-8-13)15(19)11-12-5-2-3-7-14(12)18(20)21;/h2-3,5,7,13,16H,4,6,8-11H2,1H3;1H. The molecule has 22 heavy (non-hydrogen) atoms. The van der Waals surface area contributed by atoms with Gasteiger partial charge in [-0.1, -0.05) is 18.2 Å². The number of rotatable bonds is 4. The van der Waals surface area contributed by atoms with E-state index in [-0.39, 0.29) is 36.5 Å². The van der Waals surface area contributed by atoms with Gasteiger partial charge in [0.25, 0.3) is 5.69 Å². The molecule has 0 aromatic heterocycles. The van der Waals surface area contributed by atoms with Gasteiger partial charge in [0.2, 0.25) is 5.91 Å². The van der Waals surface area contributed by atoms with Crippen molar-refractivity contribution in [3.63, 3.8) is 0 Å². The fourth-order valence-electron chi connectivity index (χ4n) is 2.72. The van der Waals surface area contributed by atoms with E-state index < -0.39 is 4.92 Å². The van der Waals surface area contributed by atoms with Crippen molar-refractivity contribution in [3.05, 3.63) is 39.9 Å². The number of carbonyl (C=O) groups is 1. The van der Waals surface area contributed by atoms with Crippen molar-refractivity contribution < 1.29 is 9.72 Å². The maximum atomic E-state index is 12.4. The molecule has 1 aliphatic heterocycles. The second kappa shape index (κ2) is 8.70. The van der Waals surface area contributed by atoms with Gasteiger partial charge in [0.1, 0.15) is 0 Å². The SMILES string of the molecule is CN(C(=O)Cc1ccccc1[N+](=O)[O-])C1CCCNCC1.Cl. The van der Waals surface area contributed by atoms with E-state index in [1.807, 2.05) is 0 Å². The first-order valence-corrected chi connectivity index (χ1v) is 7.28. The largest absolute Gasteiger partial charge is 0.342 e. The highest BCUT2D eigenvalue weighted by Gasteiger charge is 2.23. The number of carbonyl (C=O) groups excluding carboxylic acids is 1. The molecule has 7 heteroatoms. The first-order chi connectivity index (χ1) is 10.1. The van der Waals surface area contributed by atoms with Crippen LogP contribution in [-0.2, 0) is 11.2 Å². The zero-order chi connectivity index (χ0) is 15.2. The minimum Gasteiger partial charge on any atom is -0.342 e. The number of benzene rings is 1. The average molecular weight is 328 g/mol. The molecule has 1 amide bonds. The number of hydrogen-bond donors (Lipinski definition) is 1. The van der Waals surface area contributed by atoms with Crippen LogP contribution in [0.2, 0.25) is 0 Å². The third kappa shape index (κ3) is 4.68. The van der Waals surface area contributed by atoms with E-state index >= 15 is 0 Å². The third-order valence-electron chi connectivity index (χ3n) is 4.02. The summed E-state index contributed by atoms with van der Waals surface area (Å²) in [5.74, 6) is -0.0591. The second-order valence-corrected chi connectivity index (χ2v) is 5.40. The Balaban J connectivity index is 0.00000242. The maximum Gasteiger partial charge on any atom is 0.273 e. The van der Waals surface area contributed by atoms with E-state index in [1.165, 1.54) is 6.07 Å². The number of nitrogens with one attached hydrogen (secondary N) is 1. The Morgan fingerprint density at radius 2 is 2.09 bits per heavy atom. The molecule has 1 unspecified atom stereocenters. The lowest BCUT2D eigenvalue weighted by molar-refractivity contribution is -0.385. The lowest BCUT2D eigenvalue weighted by Crippen LogP contribution is -2.38. The van der Waals surface area contributed by atoms with Crippen LogP contribution in [0.25, 0.3) is 0 Å². The van der Waals surface area contributed by atoms with Crippen LogP contribution in [0.1, 0.15) is 24.8 Å². The molecular weight excluding hydrogens is 306 g/mol. The van der Waals surface area contributed by atoms with Crippen LogP contribution in [0, 0.1) is 10.1 Å². The van der Waals surface area contributed by atoms with E-state index in [0.29, 0.717) is 5.56 Å². The molecule has 1 saturated heterocycles. The zero-order valence-electron chi connectivity index (χ0n) is 12.7. The molecule has 1 aromatic rings. The van der Waals surface area contributed by atoms with Crippen LogP contribution in [0.4, 0.5) is 5.69 Å². The Hall–Kier alpha value is -1.66. The van der Waals surface area contributed by atoms with Crippen molar-refractivity contribution in [2.24, 2.45) is 0 Å². The van der Waals surface area contributed by atoms with Gasteiger partial charge in [-0.2, -0.15) is 0 Å². The Labute approximate surface area is 136 Å². The summed E-state index contributed by atoms with van der Waals surface area (Å²) in [6.45, 7) is 1.90. The lowest BCUT2D eigenvalue weighted by Gasteiger charge is -2.27. The quantitative estimate of drug-likeness (QED) is 0.679. The Morgan fingerprint density at radius 1 is 1.36 bits per heavy atom. The summed E-state index contributed by atoms with van der Waals surface area (Å²) >= 11 is 0. The Bertz CT molecular complexity index is 517. The van der Waals surface area contributed by atoms with Gasteiger partial charge in [-0.15, -0.1) is 12.4 Å². The summed E-state index contributed by atoms with van der Waals surface area (Å²) in [5.41, 5.74) is 0.493. The summed E-state index contributed by atoms with van der Waals surface area (Å²) in [6.07, 6.45) is 3.04. The molecule has 2 rings (SSSR count). The predicted molar refractivity (Wildman–Crippen MR) is 87.3 cm³/mol. The average Bonchev–Trinajstić information content (AvgIpc) is 2.75. The summed E-state index contributed by atoms with van der Waals surface area (Å²) in [5, 5.41) is 14.3. The lowest BCUT2D eigenvalue weighted by atomic mass is 10.1. The van der Waals surface area contributed by atoms with Gasteiger partial charge in [0.15, 0.2) is 0 Å². The summed E-state index contributed by atoms with van der Waals surface area (Å²) in [4.78, 5) is 24.7. The minimum atomic E-state index is -0.432. The molecule has 0 bridgehead atoms. The molecule has 1 aliphatic rings. The van der Waals surface area contributed by atoms with E-state index in [2.05, 4.69) is 5.32 Å². The van der Waals surface area contributed by atoms with E-state index in [0.717, 1.165) is 32.4 Å². The second-order valence-electron chi connectivity index (χ2n) is 5.40. The highest BCUT2D eigenvalue weighted by Crippen LogP contribution is 2.20. The molecule has 6 nitrogen and oxygen atoms in total. The van der Waals surface area contributed by atoms with Crippen LogP contribution in [-0.4, -0.2) is 41.9 Å². The fraction of sp³-hybridized carbons (Fsp3) is 0.533. The molecule has 1 aromatic carbocycles. The fourth-order valence-corrected chi connectivity index (χ4v) is 2.72.